The lowest BCUT2D eigenvalue weighted by Crippen LogP contribution is -2.52. The molecule has 2 unspecified atom stereocenters. The van der Waals surface area contributed by atoms with E-state index in [-0.39, 0.29) is 23.0 Å². The maximum absolute atomic E-state index is 13.0. The van der Waals surface area contributed by atoms with Gasteiger partial charge >= 0.3 is 12.2 Å². The minimum Gasteiger partial charge on any atom is -0.410 e. The van der Waals surface area contributed by atoms with Crippen LogP contribution in [0.5, 0.6) is 11.5 Å². The van der Waals surface area contributed by atoms with Crippen molar-refractivity contribution in [1.82, 2.24) is 10.2 Å². The third kappa shape index (κ3) is 8.00. The zero-order chi connectivity index (χ0) is 26.2. The Morgan fingerprint density at radius 2 is 1.64 bits per heavy atom. The van der Waals surface area contributed by atoms with Gasteiger partial charge in [0.15, 0.2) is 0 Å². The number of benzene rings is 2. The second-order valence-corrected chi connectivity index (χ2v) is 11.3. The summed E-state index contributed by atoms with van der Waals surface area (Å²) >= 11 is 0. The molecule has 0 heterocycles. The van der Waals surface area contributed by atoms with Crippen molar-refractivity contribution in [1.29, 1.82) is 0 Å². The van der Waals surface area contributed by atoms with E-state index in [2.05, 4.69) is 39.9 Å². The fourth-order valence-corrected chi connectivity index (χ4v) is 5.85. The summed E-state index contributed by atoms with van der Waals surface area (Å²) in [4.78, 5) is 27.7. The van der Waals surface area contributed by atoms with Gasteiger partial charge in [-0.2, -0.15) is 0 Å². The van der Waals surface area contributed by atoms with Gasteiger partial charge in [-0.25, -0.2) is 9.59 Å². The Labute approximate surface area is 216 Å². The number of amides is 2. The minimum atomic E-state index is -0.419. The molecular weight excluding hydrogens is 452 g/mol. The van der Waals surface area contributed by atoms with E-state index in [1.165, 1.54) is 0 Å². The summed E-state index contributed by atoms with van der Waals surface area (Å²) in [6, 6.07) is 16.8. The van der Waals surface area contributed by atoms with Crippen molar-refractivity contribution in [2.75, 3.05) is 13.1 Å². The average Bonchev–Trinajstić information content (AvgIpc) is 2.79. The van der Waals surface area contributed by atoms with E-state index in [0.29, 0.717) is 24.6 Å². The normalized spacial score (nSPS) is 20.9. The van der Waals surface area contributed by atoms with Gasteiger partial charge in [0.05, 0.1) is 0 Å². The van der Waals surface area contributed by atoms with Crippen molar-refractivity contribution in [2.45, 2.75) is 79.2 Å². The molecule has 1 fully saturated rings. The molecule has 2 amide bonds. The molecule has 2 atom stereocenters. The number of nitrogens with zero attached hydrogens (tertiary/aromatic N) is 1. The summed E-state index contributed by atoms with van der Waals surface area (Å²) in [5.41, 5.74) is 0.868. The molecule has 36 heavy (non-hydrogen) atoms. The van der Waals surface area contributed by atoms with Gasteiger partial charge in [0.2, 0.25) is 0 Å². The summed E-state index contributed by atoms with van der Waals surface area (Å²) in [7, 11) is 0. The van der Waals surface area contributed by atoms with Crippen LogP contribution in [0.25, 0.3) is 0 Å². The first-order valence-electron chi connectivity index (χ1n) is 13.2. The van der Waals surface area contributed by atoms with Crippen LogP contribution in [0.15, 0.2) is 54.6 Å². The quantitative estimate of drug-likeness (QED) is 0.399. The lowest BCUT2D eigenvalue weighted by molar-refractivity contribution is 0.0398. The molecular formula is C30H42N2O4. The predicted octanol–water partition coefficient (Wildman–Crippen LogP) is 7.22. The summed E-state index contributed by atoms with van der Waals surface area (Å²) in [6.07, 6.45) is 4.52. The highest BCUT2D eigenvalue weighted by molar-refractivity contribution is 5.71. The van der Waals surface area contributed by atoms with Gasteiger partial charge in [0.25, 0.3) is 0 Å². The van der Waals surface area contributed by atoms with E-state index < -0.39 is 6.09 Å². The summed E-state index contributed by atoms with van der Waals surface area (Å²) in [5.74, 6) is 1.16. The van der Waals surface area contributed by atoms with Gasteiger partial charge in [-0.3, -0.25) is 0 Å². The van der Waals surface area contributed by atoms with Gasteiger partial charge in [0.1, 0.15) is 11.5 Å². The fourth-order valence-electron chi connectivity index (χ4n) is 5.85. The Hall–Kier alpha value is -3.02. The highest BCUT2D eigenvalue weighted by atomic mass is 16.6. The van der Waals surface area contributed by atoms with Crippen molar-refractivity contribution in [3.05, 3.63) is 60.2 Å². The molecule has 0 bridgehead atoms. The third-order valence-corrected chi connectivity index (χ3v) is 6.73. The number of carbonyl (C=O) groups excluding carboxylic acids is 2. The van der Waals surface area contributed by atoms with Crippen LogP contribution >= 0.6 is 0 Å². The lowest BCUT2D eigenvalue weighted by atomic mass is 9.62. The molecule has 0 aliphatic heterocycles. The number of aryl methyl sites for hydroxylation is 1. The topological polar surface area (TPSA) is 67.9 Å². The van der Waals surface area contributed by atoms with Gasteiger partial charge < -0.3 is 19.7 Å². The number of hydrogen-bond acceptors (Lipinski definition) is 4. The van der Waals surface area contributed by atoms with Crippen LogP contribution in [0.3, 0.4) is 0 Å². The Bertz CT molecular complexity index is 1010. The summed E-state index contributed by atoms with van der Waals surface area (Å²) in [5, 5.41) is 3.13. The summed E-state index contributed by atoms with van der Waals surface area (Å²) < 4.78 is 11.4. The molecule has 2 aromatic rings. The molecule has 196 valence electrons. The predicted molar refractivity (Wildman–Crippen MR) is 143 cm³/mol. The van der Waals surface area contributed by atoms with Crippen LogP contribution in [0.2, 0.25) is 0 Å². The van der Waals surface area contributed by atoms with Crippen LogP contribution in [0.4, 0.5) is 9.59 Å². The largest absolute Gasteiger partial charge is 0.415 e. The van der Waals surface area contributed by atoms with Crippen molar-refractivity contribution in [3.8, 4) is 11.5 Å². The van der Waals surface area contributed by atoms with Crippen LogP contribution in [0.1, 0.15) is 72.3 Å². The molecule has 1 saturated carbocycles. The molecule has 6 nitrogen and oxygen atoms in total. The van der Waals surface area contributed by atoms with Crippen molar-refractivity contribution in [2.24, 2.45) is 10.8 Å². The molecule has 0 aromatic heterocycles. The van der Waals surface area contributed by atoms with Crippen LogP contribution in [0, 0.1) is 10.8 Å². The van der Waals surface area contributed by atoms with Gasteiger partial charge in [0, 0.05) is 19.1 Å². The van der Waals surface area contributed by atoms with Crippen LogP contribution in [-0.4, -0.2) is 36.2 Å². The van der Waals surface area contributed by atoms with E-state index in [0.717, 1.165) is 44.1 Å². The van der Waals surface area contributed by atoms with Crippen LogP contribution < -0.4 is 14.8 Å². The first-order chi connectivity index (χ1) is 17.1. The number of para-hydroxylation sites is 2. The number of nitrogens with one attached hydrogen (secondary N) is 1. The summed E-state index contributed by atoms with van der Waals surface area (Å²) in [6.45, 7) is 12.0. The maximum Gasteiger partial charge on any atom is 0.415 e. The number of rotatable bonds is 9. The Morgan fingerprint density at radius 3 is 2.33 bits per heavy atom. The third-order valence-electron chi connectivity index (χ3n) is 6.73. The second-order valence-electron chi connectivity index (χ2n) is 11.3. The fraction of sp³-hybridized carbons (Fsp3) is 0.533. The average molecular weight is 495 g/mol. The van der Waals surface area contributed by atoms with Crippen molar-refractivity contribution in [3.63, 3.8) is 0 Å². The number of ether oxygens (including phenoxy) is 2. The zero-order valence-corrected chi connectivity index (χ0v) is 22.5. The minimum absolute atomic E-state index is 0.00623. The molecule has 1 N–H and O–H groups in total. The van der Waals surface area contributed by atoms with Gasteiger partial charge in [-0.1, -0.05) is 77.4 Å². The van der Waals surface area contributed by atoms with Gasteiger partial charge in [-0.05, 0) is 66.7 Å². The van der Waals surface area contributed by atoms with E-state index in [4.69, 9.17) is 9.47 Å². The monoisotopic (exact) mass is 494 g/mol. The SMILES string of the molecule is CCCc1ccccc1OC(=O)NC1CC(C)(C)CC(C)(CN(CCC)C(=O)Oc2ccccc2)C1. The molecule has 1 aliphatic carbocycles. The molecule has 3 rings (SSSR count). The molecule has 2 aromatic carbocycles. The Morgan fingerprint density at radius 1 is 0.944 bits per heavy atom. The van der Waals surface area contributed by atoms with Gasteiger partial charge in [-0.15, -0.1) is 0 Å². The molecule has 0 radical (unpaired) electrons. The van der Waals surface area contributed by atoms with Crippen molar-refractivity contribution < 1.29 is 19.1 Å². The Kier molecular flexibility index (Phi) is 9.41. The smallest absolute Gasteiger partial charge is 0.410 e. The lowest BCUT2D eigenvalue weighted by Gasteiger charge is -2.48. The number of hydrogen-bond donors (Lipinski definition) is 1. The van der Waals surface area contributed by atoms with E-state index in [1.807, 2.05) is 47.4 Å². The zero-order valence-electron chi connectivity index (χ0n) is 22.5. The highest BCUT2D eigenvalue weighted by Gasteiger charge is 2.43. The molecule has 0 spiro atoms. The van der Waals surface area contributed by atoms with Crippen LogP contribution in [-0.2, 0) is 6.42 Å². The van der Waals surface area contributed by atoms with E-state index in [9.17, 15) is 9.59 Å². The number of carbonyl (C=O) groups is 2. The highest BCUT2D eigenvalue weighted by Crippen LogP contribution is 2.46. The standard InChI is InChI=1S/C30H42N2O4/c1-6-13-23-14-11-12-17-26(23)36-27(33)31-24-19-29(3,4)21-30(5,20-24)22-32(18-7-2)28(34)35-25-15-9-8-10-16-25/h8-12,14-17,24H,6-7,13,18-22H2,1-5H3,(H,31,33). The molecule has 1 aliphatic rings. The van der Waals surface area contributed by atoms with E-state index in [1.54, 1.807) is 12.1 Å². The first-order valence-corrected chi connectivity index (χ1v) is 13.2. The van der Waals surface area contributed by atoms with Crippen molar-refractivity contribution >= 4 is 12.2 Å². The second kappa shape index (κ2) is 12.3. The van der Waals surface area contributed by atoms with E-state index >= 15 is 0 Å². The Balaban J connectivity index is 1.68. The molecule has 6 heteroatoms. The first kappa shape index (κ1) is 27.6. The molecule has 0 saturated heterocycles. The maximum atomic E-state index is 13.0.